The van der Waals surface area contributed by atoms with Crippen molar-refractivity contribution < 1.29 is 19.8 Å². The SMILES string of the molecule is CC1(C)C(C(=O)N2C[C@H](O)C[C@H]2C(=O)O)C1(C)C. The molecular weight excluding hydrogens is 234 g/mol. The highest BCUT2D eigenvalue weighted by molar-refractivity contribution is 5.89. The molecule has 1 saturated heterocycles. The Morgan fingerprint density at radius 1 is 1.17 bits per heavy atom. The number of aliphatic hydroxyl groups excluding tert-OH is 1. The summed E-state index contributed by atoms with van der Waals surface area (Å²) in [6.07, 6.45) is -0.589. The molecule has 1 aliphatic carbocycles. The minimum Gasteiger partial charge on any atom is -0.480 e. The Hall–Kier alpha value is -1.10. The maximum atomic E-state index is 12.5. The summed E-state index contributed by atoms with van der Waals surface area (Å²) in [5.74, 6) is -1.32. The summed E-state index contributed by atoms with van der Waals surface area (Å²) >= 11 is 0. The molecule has 1 heterocycles. The van der Waals surface area contributed by atoms with Crippen LogP contribution in [-0.4, -0.2) is 45.7 Å². The Balaban J connectivity index is 2.18. The molecule has 18 heavy (non-hydrogen) atoms. The summed E-state index contributed by atoms with van der Waals surface area (Å²) in [6.45, 7) is 8.24. The largest absolute Gasteiger partial charge is 0.480 e. The van der Waals surface area contributed by atoms with Crippen LogP contribution >= 0.6 is 0 Å². The average molecular weight is 255 g/mol. The van der Waals surface area contributed by atoms with E-state index in [1.165, 1.54) is 4.90 Å². The molecule has 0 aromatic heterocycles. The van der Waals surface area contributed by atoms with Crippen molar-refractivity contribution in [2.45, 2.75) is 46.3 Å². The Morgan fingerprint density at radius 3 is 2.06 bits per heavy atom. The molecular formula is C13H21NO4. The number of amides is 1. The lowest BCUT2D eigenvalue weighted by Gasteiger charge is -2.22. The molecule has 0 aromatic rings. The number of likely N-dealkylation sites (tertiary alicyclic amines) is 1. The van der Waals surface area contributed by atoms with E-state index in [0.29, 0.717) is 0 Å². The summed E-state index contributed by atoms with van der Waals surface area (Å²) in [7, 11) is 0. The van der Waals surface area contributed by atoms with Crippen molar-refractivity contribution in [3.8, 4) is 0 Å². The number of β-amino-alcohol motifs (C(OH)–C–C–N with tert-alkyl or cyclic N) is 1. The zero-order valence-corrected chi connectivity index (χ0v) is 11.3. The van der Waals surface area contributed by atoms with E-state index in [1.807, 2.05) is 27.7 Å². The lowest BCUT2D eigenvalue weighted by molar-refractivity contribution is -0.149. The lowest BCUT2D eigenvalue weighted by atomic mass is 10.0. The number of carboxylic acid groups (broad SMARTS) is 1. The smallest absolute Gasteiger partial charge is 0.326 e. The van der Waals surface area contributed by atoms with Crippen LogP contribution in [-0.2, 0) is 9.59 Å². The van der Waals surface area contributed by atoms with Crippen molar-refractivity contribution in [3.05, 3.63) is 0 Å². The van der Waals surface area contributed by atoms with Gasteiger partial charge in [0.2, 0.25) is 5.91 Å². The van der Waals surface area contributed by atoms with Crippen molar-refractivity contribution >= 4 is 11.9 Å². The van der Waals surface area contributed by atoms with Gasteiger partial charge in [-0.15, -0.1) is 0 Å². The first-order valence-electron chi connectivity index (χ1n) is 6.32. The second kappa shape index (κ2) is 3.70. The molecule has 2 N–H and O–H groups in total. The van der Waals surface area contributed by atoms with Gasteiger partial charge in [-0.1, -0.05) is 27.7 Å². The van der Waals surface area contributed by atoms with E-state index in [0.717, 1.165) is 0 Å². The average Bonchev–Trinajstić information content (AvgIpc) is 2.57. The molecule has 1 amide bonds. The number of carboxylic acids is 1. The molecule has 0 aromatic carbocycles. The highest BCUT2D eigenvalue weighted by atomic mass is 16.4. The molecule has 2 fully saturated rings. The van der Waals surface area contributed by atoms with Crippen molar-refractivity contribution in [3.63, 3.8) is 0 Å². The molecule has 5 nitrogen and oxygen atoms in total. The lowest BCUT2D eigenvalue weighted by Crippen LogP contribution is -2.42. The van der Waals surface area contributed by atoms with Gasteiger partial charge in [-0.05, 0) is 10.8 Å². The number of carbonyl (C=O) groups is 2. The zero-order chi connectivity index (χ0) is 13.9. The standard InChI is InChI=1S/C13H21NO4/c1-12(2)9(13(12,3)4)10(16)14-6-7(15)5-8(14)11(17)18/h7-9,15H,5-6H2,1-4H3,(H,17,18)/t7-,8+/m1/s1. The molecule has 0 spiro atoms. The van der Waals surface area contributed by atoms with Crippen molar-refractivity contribution in [2.75, 3.05) is 6.54 Å². The van der Waals surface area contributed by atoms with Crippen LogP contribution in [0.15, 0.2) is 0 Å². The molecule has 1 aliphatic heterocycles. The van der Waals surface area contributed by atoms with E-state index < -0.39 is 18.1 Å². The highest BCUT2D eigenvalue weighted by Crippen LogP contribution is 2.69. The van der Waals surface area contributed by atoms with Gasteiger partial charge in [-0.3, -0.25) is 4.79 Å². The number of nitrogens with zero attached hydrogens (tertiary/aromatic N) is 1. The maximum Gasteiger partial charge on any atom is 0.326 e. The van der Waals surface area contributed by atoms with Crippen molar-refractivity contribution in [2.24, 2.45) is 16.7 Å². The second-order valence-corrected chi connectivity index (χ2v) is 6.61. The van der Waals surface area contributed by atoms with E-state index in [-0.39, 0.29) is 35.6 Å². The third kappa shape index (κ3) is 1.64. The molecule has 0 radical (unpaired) electrons. The minimum absolute atomic E-state index is 0.110. The van der Waals surface area contributed by atoms with Crippen LogP contribution in [0.3, 0.4) is 0 Å². The molecule has 5 heteroatoms. The van der Waals surface area contributed by atoms with Crippen LogP contribution in [0, 0.1) is 16.7 Å². The van der Waals surface area contributed by atoms with Crippen LogP contribution in [0.4, 0.5) is 0 Å². The van der Waals surface area contributed by atoms with Gasteiger partial charge in [0.1, 0.15) is 6.04 Å². The van der Waals surface area contributed by atoms with Crippen molar-refractivity contribution in [1.29, 1.82) is 0 Å². The molecule has 0 unspecified atom stereocenters. The fraction of sp³-hybridized carbons (Fsp3) is 0.846. The topological polar surface area (TPSA) is 77.8 Å². The number of aliphatic carboxylic acids is 1. The van der Waals surface area contributed by atoms with Crippen LogP contribution < -0.4 is 0 Å². The van der Waals surface area contributed by atoms with Gasteiger partial charge >= 0.3 is 5.97 Å². The third-order valence-electron chi connectivity index (χ3n) is 5.11. The van der Waals surface area contributed by atoms with Crippen LogP contribution in [0.2, 0.25) is 0 Å². The molecule has 2 aliphatic rings. The fourth-order valence-electron chi connectivity index (χ4n) is 3.27. The molecule has 2 rings (SSSR count). The van der Waals surface area contributed by atoms with Gasteiger partial charge < -0.3 is 15.1 Å². The minimum atomic E-state index is -1.03. The summed E-state index contributed by atoms with van der Waals surface area (Å²) in [5, 5.41) is 18.7. The second-order valence-electron chi connectivity index (χ2n) is 6.61. The Labute approximate surface area is 107 Å². The van der Waals surface area contributed by atoms with Gasteiger partial charge in [-0.2, -0.15) is 0 Å². The van der Waals surface area contributed by atoms with Gasteiger partial charge in [0, 0.05) is 18.9 Å². The monoisotopic (exact) mass is 255 g/mol. The number of aliphatic hydroxyl groups is 1. The fourth-order valence-corrected chi connectivity index (χ4v) is 3.27. The summed E-state index contributed by atoms with van der Waals surface area (Å²) in [5.41, 5.74) is -0.221. The first-order chi connectivity index (χ1) is 8.10. The van der Waals surface area contributed by atoms with E-state index in [1.54, 1.807) is 0 Å². The van der Waals surface area contributed by atoms with E-state index >= 15 is 0 Å². The third-order valence-corrected chi connectivity index (χ3v) is 5.11. The van der Waals surface area contributed by atoms with Crippen molar-refractivity contribution in [1.82, 2.24) is 4.90 Å². The van der Waals surface area contributed by atoms with Gasteiger partial charge in [0.25, 0.3) is 0 Å². The predicted octanol–water partition coefficient (Wildman–Crippen LogP) is 0.715. The predicted molar refractivity (Wildman–Crippen MR) is 64.8 cm³/mol. The zero-order valence-electron chi connectivity index (χ0n) is 11.3. The van der Waals surface area contributed by atoms with Crippen LogP contribution in [0.25, 0.3) is 0 Å². The van der Waals surface area contributed by atoms with E-state index in [9.17, 15) is 14.7 Å². The highest BCUT2D eigenvalue weighted by Gasteiger charge is 2.69. The Morgan fingerprint density at radius 2 is 1.67 bits per heavy atom. The summed E-state index contributed by atoms with van der Waals surface area (Å²) in [4.78, 5) is 24.9. The molecule has 1 saturated carbocycles. The number of hydrogen-bond donors (Lipinski definition) is 2. The maximum absolute atomic E-state index is 12.5. The quantitative estimate of drug-likeness (QED) is 0.762. The first kappa shape index (κ1) is 13.3. The molecule has 2 atom stereocenters. The normalized spacial score (nSPS) is 33.5. The summed E-state index contributed by atoms with van der Waals surface area (Å²) in [6, 6.07) is -0.875. The first-order valence-corrected chi connectivity index (χ1v) is 6.32. The number of carbonyl (C=O) groups excluding carboxylic acids is 1. The van der Waals surface area contributed by atoms with Gasteiger partial charge in [0.05, 0.1) is 6.10 Å². The van der Waals surface area contributed by atoms with E-state index in [4.69, 9.17) is 5.11 Å². The van der Waals surface area contributed by atoms with E-state index in [2.05, 4.69) is 0 Å². The summed E-state index contributed by atoms with van der Waals surface area (Å²) < 4.78 is 0. The van der Waals surface area contributed by atoms with Crippen LogP contribution in [0.5, 0.6) is 0 Å². The van der Waals surface area contributed by atoms with Gasteiger partial charge in [-0.25, -0.2) is 4.79 Å². The number of hydrogen-bond acceptors (Lipinski definition) is 3. The molecule has 0 bridgehead atoms. The Kier molecular flexibility index (Phi) is 2.74. The molecule has 102 valence electrons. The van der Waals surface area contributed by atoms with Crippen LogP contribution in [0.1, 0.15) is 34.1 Å². The number of rotatable bonds is 2. The van der Waals surface area contributed by atoms with Gasteiger partial charge in [0.15, 0.2) is 0 Å². The Bertz CT molecular complexity index is 388.